The van der Waals surface area contributed by atoms with Gasteiger partial charge in [0.05, 0.1) is 12.0 Å². The van der Waals surface area contributed by atoms with E-state index in [2.05, 4.69) is 27.4 Å². The van der Waals surface area contributed by atoms with Crippen LogP contribution >= 0.6 is 11.3 Å². The molecule has 2 amide bonds. The zero-order chi connectivity index (χ0) is 21.4. The lowest BCUT2D eigenvalue weighted by atomic mass is 9.92. The maximum atomic E-state index is 12.6. The van der Waals surface area contributed by atoms with E-state index < -0.39 is 17.2 Å². The van der Waals surface area contributed by atoms with Gasteiger partial charge in [-0.15, -0.1) is 16.3 Å². The normalized spacial score (nSPS) is 21.2. The number of nitrogens with zero attached hydrogens (tertiary/aromatic N) is 3. The Hall–Kier alpha value is -2.74. The minimum absolute atomic E-state index is 0.124. The second kappa shape index (κ2) is 7.59. The third kappa shape index (κ3) is 4.82. The summed E-state index contributed by atoms with van der Waals surface area (Å²) in [5.41, 5.74) is 1.82. The molecule has 3 rings (SSSR count). The van der Waals surface area contributed by atoms with Gasteiger partial charge in [0.1, 0.15) is 5.60 Å². The molecule has 1 aliphatic heterocycles. The summed E-state index contributed by atoms with van der Waals surface area (Å²) in [4.78, 5) is 35.4. The van der Waals surface area contributed by atoms with Crippen LogP contribution in [0, 0.1) is 6.92 Å². The summed E-state index contributed by atoms with van der Waals surface area (Å²) in [5.74, 6) is 0.0610. The van der Waals surface area contributed by atoms with Gasteiger partial charge in [-0.05, 0) is 63.3 Å². The number of amides is 2. The molecule has 2 aromatic rings. The summed E-state index contributed by atoms with van der Waals surface area (Å²) in [6.07, 6.45) is 3.16. The fourth-order valence-corrected chi connectivity index (χ4v) is 4.06. The van der Waals surface area contributed by atoms with Crippen molar-refractivity contribution in [3.63, 3.8) is 0 Å². The highest BCUT2D eigenvalue weighted by Gasteiger charge is 2.40. The van der Waals surface area contributed by atoms with Crippen molar-refractivity contribution in [1.29, 1.82) is 0 Å². The SMILES string of the molecule is Cc1cncc(-c2csc([C@]3(C)CC(=O)N(C)/C(=N\C(=O)OC(C)(C)C)N3)c2)c1. The van der Waals surface area contributed by atoms with Crippen molar-refractivity contribution in [1.82, 2.24) is 15.2 Å². The maximum absolute atomic E-state index is 12.6. The van der Waals surface area contributed by atoms with Gasteiger partial charge in [-0.2, -0.15) is 0 Å². The fraction of sp³-hybridized carbons (Fsp3) is 0.429. The average Bonchev–Trinajstić information content (AvgIpc) is 3.09. The van der Waals surface area contributed by atoms with Crippen LogP contribution in [0.1, 0.15) is 44.6 Å². The number of nitrogens with one attached hydrogen (secondary N) is 1. The van der Waals surface area contributed by atoms with Crippen molar-refractivity contribution >= 4 is 29.3 Å². The molecule has 8 heteroatoms. The molecule has 154 valence electrons. The zero-order valence-corrected chi connectivity index (χ0v) is 18.4. The van der Waals surface area contributed by atoms with Crippen molar-refractivity contribution in [2.75, 3.05) is 7.05 Å². The van der Waals surface area contributed by atoms with Crippen molar-refractivity contribution < 1.29 is 14.3 Å². The summed E-state index contributed by atoms with van der Waals surface area (Å²) in [6, 6.07) is 4.13. The van der Waals surface area contributed by atoms with Crippen molar-refractivity contribution in [2.24, 2.45) is 4.99 Å². The number of pyridine rings is 1. The van der Waals surface area contributed by atoms with Gasteiger partial charge in [0.15, 0.2) is 0 Å². The van der Waals surface area contributed by atoms with E-state index in [9.17, 15) is 9.59 Å². The molecule has 1 saturated heterocycles. The lowest BCUT2D eigenvalue weighted by Gasteiger charge is -2.39. The van der Waals surface area contributed by atoms with E-state index in [0.29, 0.717) is 0 Å². The number of aromatic nitrogens is 1. The van der Waals surface area contributed by atoms with Crippen molar-refractivity contribution in [3.05, 3.63) is 40.3 Å². The summed E-state index contributed by atoms with van der Waals surface area (Å²) in [6.45, 7) is 9.25. The number of hydrogen-bond donors (Lipinski definition) is 1. The summed E-state index contributed by atoms with van der Waals surface area (Å²) in [5, 5.41) is 5.32. The number of guanidine groups is 1. The first-order chi connectivity index (χ1) is 13.5. The van der Waals surface area contributed by atoms with Crippen LogP contribution in [-0.2, 0) is 15.1 Å². The number of hydrogen-bond acceptors (Lipinski definition) is 5. The van der Waals surface area contributed by atoms with Gasteiger partial charge in [-0.25, -0.2) is 4.79 Å². The van der Waals surface area contributed by atoms with E-state index in [1.165, 1.54) is 4.90 Å². The smallest absolute Gasteiger partial charge is 0.437 e. The van der Waals surface area contributed by atoms with E-state index in [1.807, 2.05) is 31.6 Å². The minimum Gasteiger partial charge on any atom is -0.442 e. The quantitative estimate of drug-likeness (QED) is 0.801. The molecule has 0 bridgehead atoms. The lowest BCUT2D eigenvalue weighted by Crippen LogP contribution is -2.58. The van der Waals surface area contributed by atoms with E-state index in [-0.39, 0.29) is 18.3 Å². The van der Waals surface area contributed by atoms with Gasteiger partial charge in [-0.3, -0.25) is 14.7 Å². The van der Waals surface area contributed by atoms with Gasteiger partial charge in [-0.1, -0.05) is 0 Å². The molecule has 2 aromatic heterocycles. The molecule has 3 heterocycles. The van der Waals surface area contributed by atoms with Crippen LogP contribution in [-0.4, -0.2) is 40.5 Å². The topological polar surface area (TPSA) is 83.9 Å². The van der Waals surface area contributed by atoms with Crippen LogP contribution in [0.4, 0.5) is 4.79 Å². The molecule has 0 unspecified atom stereocenters. The Labute approximate surface area is 174 Å². The Morgan fingerprint density at radius 3 is 2.69 bits per heavy atom. The molecule has 1 atom stereocenters. The Balaban J connectivity index is 1.89. The van der Waals surface area contributed by atoms with E-state index in [1.54, 1.807) is 39.2 Å². The number of aryl methyl sites for hydroxylation is 1. The molecule has 1 N–H and O–H groups in total. The highest BCUT2D eigenvalue weighted by Crippen LogP contribution is 2.36. The first kappa shape index (κ1) is 21.0. The average molecular weight is 415 g/mol. The molecule has 0 saturated carbocycles. The van der Waals surface area contributed by atoms with Crippen LogP contribution in [0.3, 0.4) is 0 Å². The highest BCUT2D eigenvalue weighted by atomic mass is 32.1. The zero-order valence-electron chi connectivity index (χ0n) is 17.6. The molecule has 0 aromatic carbocycles. The third-order valence-electron chi connectivity index (χ3n) is 4.53. The predicted octanol–water partition coefficient (Wildman–Crippen LogP) is 4.08. The second-order valence-corrected chi connectivity index (χ2v) is 9.36. The molecule has 1 aliphatic rings. The van der Waals surface area contributed by atoms with Gasteiger partial charge in [0.2, 0.25) is 11.9 Å². The number of aliphatic imine (C=N–C) groups is 1. The number of rotatable bonds is 2. The third-order valence-corrected chi connectivity index (χ3v) is 5.72. The summed E-state index contributed by atoms with van der Waals surface area (Å²) >= 11 is 1.56. The lowest BCUT2D eigenvalue weighted by molar-refractivity contribution is -0.129. The van der Waals surface area contributed by atoms with E-state index >= 15 is 0 Å². The van der Waals surface area contributed by atoms with Gasteiger partial charge in [0, 0.05) is 29.9 Å². The molecule has 1 fully saturated rings. The molecule has 29 heavy (non-hydrogen) atoms. The monoisotopic (exact) mass is 414 g/mol. The maximum Gasteiger partial charge on any atom is 0.437 e. The second-order valence-electron chi connectivity index (χ2n) is 8.45. The summed E-state index contributed by atoms with van der Waals surface area (Å²) in [7, 11) is 1.59. The first-order valence-corrected chi connectivity index (χ1v) is 10.2. The van der Waals surface area contributed by atoms with Gasteiger partial charge >= 0.3 is 6.09 Å². The summed E-state index contributed by atoms with van der Waals surface area (Å²) < 4.78 is 5.26. The van der Waals surface area contributed by atoms with Crippen LogP contribution in [0.15, 0.2) is 34.9 Å². The molecule has 0 spiro atoms. The Kier molecular flexibility index (Phi) is 5.49. The fourth-order valence-electron chi connectivity index (χ4n) is 3.03. The molecule has 0 radical (unpaired) electrons. The van der Waals surface area contributed by atoms with E-state index in [4.69, 9.17) is 4.74 Å². The first-order valence-electron chi connectivity index (χ1n) is 9.34. The van der Waals surface area contributed by atoms with Crippen molar-refractivity contribution in [2.45, 2.75) is 52.2 Å². The highest BCUT2D eigenvalue weighted by molar-refractivity contribution is 7.10. The van der Waals surface area contributed by atoms with Crippen LogP contribution < -0.4 is 5.32 Å². The molecule has 0 aliphatic carbocycles. The van der Waals surface area contributed by atoms with Crippen LogP contribution in [0.25, 0.3) is 11.1 Å². The standard InChI is InChI=1S/C21H26N4O3S/c1-13-7-14(11-22-10-13)15-8-16(29-12-15)21(5)9-17(26)25(6)18(24-21)23-19(27)28-20(2,3)4/h7-8,10-12H,9H2,1-6H3,(H,23,24,27)/t21-/m0/s1. The van der Waals surface area contributed by atoms with E-state index in [0.717, 1.165) is 21.6 Å². The Morgan fingerprint density at radius 2 is 2.03 bits per heavy atom. The Morgan fingerprint density at radius 1 is 1.31 bits per heavy atom. The number of carbonyl (C=O) groups excluding carboxylic acids is 2. The largest absolute Gasteiger partial charge is 0.442 e. The molecule has 7 nitrogen and oxygen atoms in total. The number of thiophene rings is 1. The van der Waals surface area contributed by atoms with Crippen molar-refractivity contribution in [3.8, 4) is 11.1 Å². The minimum atomic E-state index is -0.735. The van der Waals surface area contributed by atoms with Gasteiger partial charge < -0.3 is 10.1 Å². The Bertz CT molecular complexity index is 976. The van der Waals surface area contributed by atoms with Gasteiger partial charge in [0.25, 0.3) is 0 Å². The number of carbonyl (C=O) groups is 2. The molecular formula is C21H26N4O3S. The molecular weight excluding hydrogens is 388 g/mol. The van der Waals surface area contributed by atoms with Crippen LogP contribution in [0.5, 0.6) is 0 Å². The number of ether oxygens (including phenoxy) is 1. The predicted molar refractivity (Wildman–Crippen MR) is 114 cm³/mol. The van der Waals surface area contributed by atoms with Crippen LogP contribution in [0.2, 0.25) is 0 Å².